The van der Waals surface area contributed by atoms with Crippen LogP contribution in [0, 0.1) is 0 Å². The van der Waals surface area contributed by atoms with Crippen LogP contribution < -0.4 is 5.32 Å². The van der Waals surface area contributed by atoms with Crippen LogP contribution in [0.5, 0.6) is 0 Å². The van der Waals surface area contributed by atoms with E-state index in [-0.39, 0.29) is 0 Å². The molecular weight excluding hydrogens is 240 g/mol. The van der Waals surface area contributed by atoms with Crippen molar-refractivity contribution in [1.82, 2.24) is 15.0 Å². The summed E-state index contributed by atoms with van der Waals surface area (Å²) in [7, 11) is 1.87. The molecule has 4 nitrogen and oxygen atoms in total. The number of fused-ring (bicyclic) bond motifs is 1. The van der Waals surface area contributed by atoms with Gasteiger partial charge in [0.1, 0.15) is 16.3 Å². The highest BCUT2D eigenvalue weighted by molar-refractivity contribution is 7.16. The number of hydrogen-bond acceptors (Lipinski definition) is 6. The Morgan fingerprint density at radius 1 is 1.31 bits per heavy atom. The molecule has 0 saturated carbocycles. The topological polar surface area (TPSA) is 50.7 Å². The van der Waals surface area contributed by atoms with Crippen LogP contribution in [0.4, 0.5) is 5.82 Å². The zero-order valence-electron chi connectivity index (χ0n) is 8.47. The van der Waals surface area contributed by atoms with E-state index in [1.165, 1.54) is 0 Å². The van der Waals surface area contributed by atoms with Crippen molar-refractivity contribution in [2.45, 2.75) is 0 Å². The molecule has 0 fully saturated rings. The summed E-state index contributed by atoms with van der Waals surface area (Å²) in [4.78, 5) is 14.2. The molecule has 3 aromatic heterocycles. The molecule has 0 aliphatic rings. The quantitative estimate of drug-likeness (QED) is 0.757. The van der Waals surface area contributed by atoms with Gasteiger partial charge in [-0.25, -0.2) is 15.0 Å². The van der Waals surface area contributed by atoms with Crippen LogP contribution in [0.25, 0.3) is 21.7 Å². The zero-order valence-corrected chi connectivity index (χ0v) is 10.1. The molecule has 0 aliphatic heterocycles. The van der Waals surface area contributed by atoms with Gasteiger partial charge in [-0.2, -0.15) is 0 Å². The molecule has 3 heterocycles. The van der Waals surface area contributed by atoms with Gasteiger partial charge in [-0.15, -0.1) is 22.7 Å². The van der Waals surface area contributed by atoms with Gasteiger partial charge < -0.3 is 5.32 Å². The Hall–Kier alpha value is -1.53. The maximum Gasteiger partial charge on any atom is 0.182 e. The lowest BCUT2D eigenvalue weighted by Crippen LogP contribution is -1.97. The first-order valence-corrected chi connectivity index (χ1v) is 6.52. The lowest BCUT2D eigenvalue weighted by atomic mass is 10.3. The van der Waals surface area contributed by atoms with Gasteiger partial charge >= 0.3 is 0 Å². The predicted molar refractivity (Wildman–Crippen MR) is 68.1 cm³/mol. The lowest BCUT2D eigenvalue weighted by molar-refractivity contribution is 1.19. The minimum atomic E-state index is 0.681. The largest absolute Gasteiger partial charge is 0.372 e. The summed E-state index contributed by atoms with van der Waals surface area (Å²) in [5, 5.41) is 8.12. The van der Waals surface area contributed by atoms with Crippen molar-refractivity contribution in [2.75, 3.05) is 12.4 Å². The van der Waals surface area contributed by atoms with E-state index in [1.54, 1.807) is 28.2 Å². The second-order valence-electron chi connectivity index (χ2n) is 3.16. The minimum Gasteiger partial charge on any atom is -0.372 e. The van der Waals surface area contributed by atoms with E-state index < -0.39 is 0 Å². The van der Waals surface area contributed by atoms with Crippen LogP contribution in [-0.2, 0) is 0 Å². The van der Waals surface area contributed by atoms with Crippen molar-refractivity contribution in [1.29, 1.82) is 0 Å². The summed E-state index contributed by atoms with van der Waals surface area (Å²) in [6, 6.07) is 2.02. The first-order valence-electron chi connectivity index (χ1n) is 4.70. The molecule has 0 spiro atoms. The smallest absolute Gasteiger partial charge is 0.182 e. The van der Waals surface area contributed by atoms with E-state index in [2.05, 4.69) is 20.3 Å². The summed E-state index contributed by atoms with van der Waals surface area (Å²) < 4.78 is 0. The van der Waals surface area contributed by atoms with Crippen molar-refractivity contribution in [3.63, 3.8) is 0 Å². The van der Waals surface area contributed by atoms with Gasteiger partial charge in [0.15, 0.2) is 5.82 Å². The molecule has 16 heavy (non-hydrogen) atoms. The molecule has 0 bridgehead atoms. The number of thiophene rings is 1. The highest BCUT2D eigenvalue weighted by Gasteiger charge is 2.10. The van der Waals surface area contributed by atoms with E-state index in [9.17, 15) is 0 Å². The second kappa shape index (κ2) is 3.80. The predicted octanol–water partition coefficient (Wildman–Crippen LogP) is 2.86. The number of thiazole rings is 1. The molecule has 3 rings (SSSR count). The van der Waals surface area contributed by atoms with Crippen molar-refractivity contribution in [2.24, 2.45) is 0 Å². The van der Waals surface area contributed by atoms with E-state index in [4.69, 9.17) is 0 Å². The fourth-order valence-corrected chi connectivity index (χ4v) is 2.78. The standard InChI is InChI=1S/C10H8N4S2/c1-11-8-6-2-3-16-10(6)14-9(13-8)7-4-15-5-12-7/h2-5H,1H3,(H,11,13,14). The summed E-state index contributed by atoms with van der Waals surface area (Å²) in [5.74, 6) is 1.54. The minimum absolute atomic E-state index is 0.681. The molecule has 0 atom stereocenters. The summed E-state index contributed by atoms with van der Waals surface area (Å²) in [5.41, 5.74) is 2.62. The molecule has 80 valence electrons. The third-order valence-electron chi connectivity index (χ3n) is 2.22. The van der Waals surface area contributed by atoms with Crippen LogP contribution in [0.3, 0.4) is 0 Å². The van der Waals surface area contributed by atoms with Crippen LogP contribution in [0.2, 0.25) is 0 Å². The molecule has 1 N–H and O–H groups in total. The number of rotatable bonds is 2. The Morgan fingerprint density at radius 2 is 2.25 bits per heavy atom. The molecule has 3 aromatic rings. The molecule has 6 heteroatoms. The van der Waals surface area contributed by atoms with Gasteiger partial charge in [-0.1, -0.05) is 0 Å². The fourth-order valence-electron chi connectivity index (χ4n) is 1.48. The average molecular weight is 248 g/mol. The molecule has 0 aromatic carbocycles. The lowest BCUT2D eigenvalue weighted by Gasteiger charge is -2.02. The first kappa shape index (κ1) is 9.68. The van der Waals surface area contributed by atoms with Crippen molar-refractivity contribution in [3.8, 4) is 11.5 Å². The van der Waals surface area contributed by atoms with E-state index in [0.717, 1.165) is 21.7 Å². The normalized spacial score (nSPS) is 10.8. The highest BCUT2D eigenvalue weighted by Crippen LogP contribution is 2.27. The molecule has 0 aliphatic carbocycles. The summed E-state index contributed by atoms with van der Waals surface area (Å²) >= 11 is 3.16. The maximum absolute atomic E-state index is 4.50. The SMILES string of the molecule is CNc1nc(-c2cscn2)nc2sccc12. The van der Waals surface area contributed by atoms with E-state index in [0.29, 0.717) is 5.82 Å². The summed E-state index contributed by atoms with van der Waals surface area (Å²) in [6.45, 7) is 0. The van der Waals surface area contributed by atoms with Crippen LogP contribution in [0.15, 0.2) is 22.3 Å². The Morgan fingerprint density at radius 3 is 3.00 bits per heavy atom. The van der Waals surface area contributed by atoms with Gasteiger partial charge in [-0.3, -0.25) is 0 Å². The number of hydrogen-bond donors (Lipinski definition) is 1. The zero-order chi connectivity index (χ0) is 11.0. The highest BCUT2D eigenvalue weighted by atomic mass is 32.1. The van der Waals surface area contributed by atoms with Gasteiger partial charge in [0.2, 0.25) is 0 Å². The van der Waals surface area contributed by atoms with Crippen molar-refractivity contribution in [3.05, 3.63) is 22.3 Å². The van der Waals surface area contributed by atoms with Crippen molar-refractivity contribution >= 4 is 38.7 Å². The summed E-state index contributed by atoms with van der Waals surface area (Å²) in [6.07, 6.45) is 0. The van der Waals surface area contributed by atoms with E-state index >= 15 is 0 Å². The monoisotopic (exact) mass is 248 g/mol. The van der Waals surface area contributed by atoms with Gasteiger partial charge in [0.25, 0.3) is 0 Å². The first-order chi connectivity index (χ1) is 7.88. The third-order valence-corrected chi connectivity index (χ3v) is 3.62. The number of nitrogens with zero attached hydrogens (tertiary/aromatic N) is 3. The number of aromatic nitrogens is 3. The van der Waals surface area contributed by atoms with Crippen LogP contribution in [-0.4, -0.2) is 22.0 Å². The molecule has 0 radical (unpaired) electrons. The number of anilines is 1. The molecule has 0 amide bonds. The van der Waals surface area contributed by atoms with Gasteiger partial charge in [0.05, 0.1) is 10.9 Å². The molecular formula is C10H8N4S2. The van der Waals surface area contributed by atoms with Crippen molar-refractivity contribution < 1.29 is 0 Å². The Balaban J connectivity index is 2.27. The van der Waals surface area contributed by atoms with Crippen LogP contribution in [0.1, 0.15) is 0 Å². The molecule has 0 unspecified atom stereocenters. The van der Waals surface area contributed by atoms with Gasteiger partial charge in [-0.05, 0) is 11.4 Å². The average Bonchev–Trinajstić information content (AvgIpc) is 2.97. The maximum atomic E-state index is 4.50. The molecule has 0 saturated heterocycles. The Kier molecular flexibility index (Phi) is 2.30. The second-order valence-corrected chi connectivity index (χ2v) is 4.77. The third kappa shape index (κ3) is 1.46. The van der Waals surface area contributed by atoms with E-state index in [1.807, 2.05) is 23.9 Å². The Bertz CT molecular complexity index is 615. The van der Waals surface area contributed by atoms with Gasteiger partial charge in [0, 0.05) is 12.4 Å². The fraction of sp³-hybridized carbons (Fsp3) is 0.100. The number of nitrogens with one attached hydrogen (secondary N) is 1. The van der Waals surface area contributed by atoms with Crippen LogP contribution >= 0.6 is 22.7 Å². The Labute approximate surface area is 100 Å².